The van der Waals surface area contributed by atoms with Crippen LogP contribution in [-0.2, 0) is 0 Å². The molecule has 1 aliphatic rings. The fraction of sp³-hybridized carbons (Fsp3) is 0.400. The van der Waals surface area contributed by atoms with Crippen molar-refractivity contribution in [2.24, 2.45) is 5.73 Å². The van der Waals surface area contributed by atoms with Crippen LogP contribution in [0.25, 0.3) is 10.2 Å². The Kier molecular flexibility index (Phi) is 2.07. The van der Waals surface area contributed by atoms with Gasteiger partial charge in [-0.3, -0.25) is 0 Å². The molecule has 4 nitrogen and oxygen atoms in total. The minimum absolute atomic E-state index is 0.433. The maximum Gasteiger partial charge on any atom is 0.226 e. The Labute approximate surface area is 91.7 Å². The smallest absolute Gasteiger partial charge is 0.226 e. The minimum Gasteiger partial charge on any atom is -0.336 e. The first kappa shape index (κ1) is 9.06. The molecule has 1 atom stereocenters. The van der Waals surface area contributed by atoms with Gasteiger partial charge in [-0.25, -0.2) is 9.97 Å². The second kappa shape index (κ2) is 3.43. The Morgan fingerprint density at radius 2 is 2.53 bits per heavy atom. The molecular formula is C10H12N4S. The highest BCUT2D eigenvalue weighted by molar-refractivity contribution is 7.16. The normalized spacial score (nSPS) is 20.6. The fourth-order valence-electron chi connectivity index (χ4n) is 1.83. The van der Waals surface area contributed by atoms with Crippen LogP contribution in [0.4, 0.5) is 5.95 Å². The van der Waals surface area contributed by atoms with Gasteiger partial charge in [-0.1, -0.05) is 0 Å². The van der Waals surface area contributed by atoms with Crippen molar-refractivity contribution in [3.8, 4) is 0 Å². The molecule has 1 saturated heterocycles. The third-order valence-electron chi connectivity index (χ3n) is 2.87. The van der Waals surface area contributed by atoms with Crippen molar-refractivity contribution in [3.63, 3.8) is 0 Å². The Hall–Kier alpha value is -1.20. The van der Waals surface area contributed by atoms with Crippen LogP contribution in [0.3, 0.4) is 0 Å². The molecule has 2 N–H and O–H groups in total. The van der Waals surface area contributed by atoms with Gasteiger partial charge in [-0.05, 0) is 17.9 Å². The summed E-state index contributed by atoms with van der Waals surface area (Å²) in [5.41, 5.74) is 5.66. The maximum absolute atomic E-state index is 5.66. The van der Waals surface area contributed by atoms with Crippen LogP contribution >= 0.6 is 11.3 Å². The molecule has 15 heavy (non-hydrogen) atoms. The van der Waals surface area contributed by atoms with E-state index in [9.17, 15) is 0 Å². The topological polar surface area (TPSA) is 55.0 Å². The Morgan fingerprint density at radius 3 is 3.27 bits per heavy atom. The van der Waals surface area contributed by atoms with Crippen molar-refractivity contribution in [2.75, 3.05) is 18.0 Å². The zero-order chi connectivity index (χ0) is 10.3. The summed E-state index contributed by atoms with van der Waals surface area (Å²) in [6.45, 7) is 1.71. The number of aromatic nitrogens is 2. The summed E-state index contributed by atoms with van der Waals surface area (Å²) in [6, 6.07) is 2.47. The first-order chi connectivity index (χ1) is 7.38. The first-order valence-electron chi connectivity index (χ1n) is 5.05. The fourth-order valence-corrected chi connectivity index (χ4v) is 2.57. The average molecular weight is 220 g/mol. The van der Waals surface area contributed by atoms with Crippen LogP contribution in [-0.4, -0.2) is 29.1 Å². The van der Waals surface area contributed by atoms with Crippen LogP contribution in [0, 0.1) is 0 Å². The lowest BCUT2D eigenvalue weighted by atomic mass is 10.0. The van der Waals surface area contributed by atoms with Gasteiger partial charge >= 0.3 is 0 Å². The summed E-state index contributed by atoms with van der Waals surface area (Å²) in [4.78, 5) is 12.1. The van der Waals surface area contributed by atoms with E-state index in [0.29, 0.717) is 12.6 Å². The lowest BCUT2D eigenvalue weighted by molar-refractivity contribution is 0.447. The highest BCUT2D eigenvalue weighted by atomic mass is 32.1. The molecule has 2 aromatic rings. The zero-order valence-electron chi connectivity index (χ0n) is 8.26. The lowest BCUT2D eigenvalue weighted by Crippen LogP contribution is -2.52. The van der Waals surface area contributed by atoms with E-state index in [1.54, 1.807) is 11.3 Å². The largest absolute Gasteiger partial charge is 0.336 e. The Morgan fingerprint density at radius 1 is 1.60 bits per heavy atom. The molecule has 0 bridgehead atoms. The standard InChI is InChI=1S/C10H12N4S/c11-5-8-1-3-14(8)10-12-6-7-2-4-15-9(7)13-10/h2,4,6,8H,1,3,5,11H2. The quantitative estimate of drug-likeness (QED) is 0.827. The molecule has 0 amide bonds. The van der Waals surface area contributed by atoms with Crippen LogP contribution in [0.5, 0.6) is 0 Å². The van der Waals surface area contributed by atoms with Gasteiger partial charge in [0.15, 0.2) is 0 Å². The molecule has 5 heteroatoms. The summed E-state index contributed by atoms with van der Waals surface area (Å²) >= 11 is 1.65. The van der Waals surface area contributed by atoms with Gasteiger partial charge in [0.25, 0.3) is 0 Å². The van der Waals surface area contributed by atoms with Gasteiger partial charge in [0.2, 0.25) is 5.95 Å². The van der Waals surface area contributed by atoms with Gasteiger partial charge in [-0.15, -0.1) is 11.3 Å². The van der Waals surface area contributed by atoms with E-state index < -0.39 is 0 Å². The first-order valence-corrected chi connectivity index (χ1v) is 5.93. The highest BCUT2D eigenvalue weighted by Crippen LogP contribution is 2.25. The van der Waals surface area contributed by atoms with Crippen LogP contribution in [0.1, 0.15) is 6.42 Å². The SMILES string of the molecule is NCC1CCN1c1ncc2ccsc2n1. The van der Waals surface area contributed by atoms with Crippen molar-refractivity contribution in [2.45, 2.75) is 12.5 Å². The third kappa shape index (κ3) is 1.39. The summed E-state index contributed by atoms with van der Waals surface area (Å²) in [6.07, 6.45) is 3.04. The number of hydrogen-bond acceptors (Lipinski definition) is 5. The summed E-state index contributed by atoms with van der Waals surface area (Å²) < 4.78 is 0. The van der Waals surface area contributed by atoms with Crippen molar-refractivity contribution < 1.29 is 0 Å². The number of hydrogen-bond donors (Lipinski definition) is 1. The Balaban J connectivity index is 1.97. The third-order valence-corrected chi connectivity index (χ3v) is 3.69. The number of thiophene rings is 1. The van der Waals surface area contributed by atoms with E-state index in [-0.39, 0.29) is 0 Å². The molecule has 0 saturated carbocycles. The molecule has 0 aromatic carbocycles. The van der Waals surface area contributed by atoms with E-state index in [2.05, 4.69) is 14.9 Å². The number of nitrogens with two attached hydrogens (primary N) is 1. The van der Waals surface area contributed by atoms with Gasteiger partial charge in [0.05, 0.1) is 0 Å². The van der Waals surface area contributed by atoms with Crippen molar-refractivity contribution in [1.29, 1.82) is 0 Å². The van der Waals surface area contributed by atoms with Crippen molar-refractivity contribution >= 4 is 27.5 Å². The average Bonchev–Trinajstić information content (AvgIpc) is 2.64. The summed E-state index contributed by atoms with van der Waals surface area (Å²) in [5.74, 6) is 0.826. The molecule has 1 unspecified atom stereocenters. The molecule has 0 aliphatic carbocycles. The van der Waals surface area contributed by atoms with Crippen molar-refractivity contribution in [3.05, 3.63) is 17.6 Å². The predicted octanol–water partition coefficient (Wildman–Crippen LogP) is 1.23. The molecule has 3 rings (SSSR count). The van der Waals surface area contributed by atoms with Gasteiger partial charge in [-0.2, -0.15) is 0 Å². The number of fused-ring (bicyclic) bond motifs is 1. The molecule has 78 valence electrons. The molecule has 3 heterocycles. The minimum atomic E-state index is 0.433. The Bertz CT molecular complexity index is 479. The van der Waals surface area contributed by atoms with E-state index in [0.717, 1.165) is 29.1 Å². The highest BCUT2D eigenvalue weighted by Gasteiger charge is 2.28. The predicted molar refractivity (Wildman–Crippen MR) is 62.2 cm³/mol. The number of rotatable bonds is 2. The molecule has 1 fully saturated rings. The number of nitrogens with zero attached hydrogens (tertiary/aromatic N) is 3. The van der Waals surface area contributed by atoms with E-state index >= 15 is 0 Å². The maximum atomic E-state index is 5.66. The van der Waals surface area contributed by atoms with Gasteiger partial charge in [0.1, 0.15) is 4.83 Å². The van der Waals surface area contributed by atoms with E-state index in [1.807, 2.05) is 17.6 Å². The lowest BCUT2D eigenvalue weighted by Gasteiger charge is -2.40. The van der Waals surface area contributed by atoms with Crippen LogP contribution in [0.2, 0.25) is 0 Å². The van der Waals surface area contributed by atoms with E-state index in [1.165, 1.54) is 0 Å². The molecule has 2 aromatic heterocycles. The molecule has 0 radical (unpaired) electrons. The van der Waals surface area contributed by atoms with Gasteiger partial charge in [0, 0.05) is 30.7 Å². The van der Waals surface area contributed by atoms with Gasteiger partial charge < -0.3 is 10.6 Å². The molecular weight excluding hydrogens is 208 g/mol. The van der Waals surface area contributed by atoms with Crippen LogP contribution in [0.15, 0.2) is 17.6 Å². The van der Waals surface area contributed by atoms with Crippen LogP contribution < -0.4 is 10.6 Å². The number of anilines is 1. The second-order valence-corrected chi connectivity index (χ2v) is 4.62. The van der Waals surface area contributed by atoms with E-state index in [4.69, 9.17) is 5.73 Å². The second-order valence-electron chi connectivity index (χ2n) is 3.72. The molecule has 1 aliphatic heterocycles. The monoisotopic (exact) mass is 220 g/mol. The zero-order valence-corrected chi connectivity index (χ0v) is 9.07. The van der Waals surface area contributed by atoms with Crippen molar-refractivity contribution in [1.82, 2.24) is 9.97 Å². The summed E-state index contributed by atoms with van der Waals surface area (Å²) in [7, 11) is 0. The molecule has 0 spiro atoms. The summed E-state index contributed by atoms with van der Waals surface area (Å²) in [5, 5.41) is 3.16.